The number of likely N-dealkylation sites (N-methyl/N-ethyl adjacent to an activating group) is 1. The molecule has 1 aromatic carbocycles. The average molecular weight is 291 g/mol. The lowest BCUT2D eigenvalue weighted by molar-refractivity contribution is -0.136. The lowest BCUT2D eigenvalue weighted by Crippen LogP contribution is -2.31. The SMILES string of the molecule is COc1ccc2nc(NC3CC(=O)N(C)C3=O)sc2c1. The van der Waals surface area contributed by atoms with Crippen LogP contribution in [-0.4, -0.2) is 41.9 Å². The number of thiazole rings is 1. The quantitative estimate of drug-likeness (QED) is 0.867. The van der Waals surface area contributed by atoms with Crippen LogP contribution in [0.15, 0.2) is 18.2 Å². The van der Waals surface area contributed by atoms with Crippen molar-refractivity contribution in [1.82, 2.24) is 9.88 Å². The summed E-state index contributed by atoms with van der Waals surface area (Å²) < 4.78 is 6.13. The van der Waals surface area contributed by atoms with Crippen molar-refractivity contribution in [2.24, 2.45) is 0 Å². The van der Waals surface area contributed by atoms with Crippen molar-refractivity contribution in [3.63, 3.8) is 0 Å². The second-order valence-corrected chi connectivity index (χ2v) is 5.58. The maximum absolute atomic E-state index is 11.8. The summed E-state index contributed by atoms with van der Waals surface area (Å²) in [7, 11) is 3.11. The molecule has 0 bridgehead atoms. The maximum atomic E-state index is 11.8. The summed E-state index contributed by atoms with van der Waals surface area (Å²) in [4.78, 5) is 28.9. The molecule has 1 aromatic heterocycles. The second kappa shape index (κ2) is 4.75. The number of carbonyl (C=O) groups excluding carboxylic acids is 2. The summed E-state index contributed by atoms with van der Waals surface area (Å²) in [5.74, 6) is 0.377. The predicted molar refractivity (Wildman–Crippen MR) is 76.0 cm³/mol. The topological polar surface area (TPSA) is 71.5 Å². The van der Waals surface area contributed by atoms with E-state index in [0.717, 1.165) is 20.9 Å². The largest absolute Gasteiger partial charge is 0.497 e. The van der Waals surface area contributed by atoms with Gasteiger partial charge in [0.25, 0.3) is 5.91 Å². The van der Waals surface area contributed by atoms with Crippen LogP contribution in [0.25, 0.3) is 10.2 Å². The molecule has 6 nitrogen and oxygen atoms in total. The summed E-state index contributed by atoms with van der Waals surface area (Å²) in [5.41, 5.74) is 0.837. The fourth-order valence-corrected chi connectivity index (χ4v) is 3.06. The first-order chi connectivity index (χ1) is 9.58. The molecule has 0 aliphatic carbocycles. The van der Waals surface area contributed by atoms with E-state index in [2.05, 4.69) is 10.3 Å². The smallest absolute Gasteiger partial charge is 0.251 e. The number of methoxy groups -OCH3 is 1. The third kappa shape index (κ3) is 2.09. The van der Waals surface area contributed by atoms with Crippen LogP contribution in [0, 0.1) is 0 Å². The summed E-state index contributed by atoms with van der Waals surface area (Å²) >= 11 is 1.43. The zero-order valence-electron chi connectivity index (χ0n) is 11.0. The van der Waals surface area contributed by atoms with Crippen LogP contribution in [0.5, 0.6) is 5.75 Å². The minimum Gasteiger partial charge on any atom is -0.497 e. The van der Waals surface area contributed by atoms with Gasteiger partial charge in [0, 0.05) is 7.05 Å². The van der Waals surface area contributed by atoms with Crippen LogP contribution < -0.4 is 10.1 Å². The molecule has 0 radical (unpaired) electrons. The molecule has 0 spiro atoms. The predicted octanol–water partition coefficient (Wildman–Crippen LogP) is 1.47. The van der Waals surface area contributed by atoms with Crippen LogP contribution in [0.4, 0.5) is 5.13 Å². The van der Waals surface area contributed by atoms with Crippen molar-refractivity contribution in [1.29, 1.82) is 0 Å². The van der Waals surface area contributed by atoms with Crippen LogP contribution in [0.3, 0.4) is 0 Å². The van der Waals surface area contributed by atoms with E-state index < -0.39 is 6.04 Å². The van der Waals surface area contributed by atoms with Gasteiger partial charge >= 0.3 is 0 Å². The zero-order valence-corrected chi connectivity index (χ0v) is 11.9. The highest BCUT2D eigenvalue weighted by Crippen LogP contribution is 2.30. The van der Waals surface area contributed by atoms with Crippen molar-refractivity contribution < 1.29 is 14.3 Å². The van der Waals surface area contributed by atoms with E-state index >= 15 is 0 Å². The highest BCUT2D eigenvalue weighted by Gasteiger charge is 2.36. The lowest BCUT2D eigenvalue weighted by Gasteiger charge is -2.09. The Hall–Kier alpha value is -2.15. The van der Waals surface area contributed by atoms with Gasteiger partial charge in [-0.25, -0.2) is 4.98 Å². The van der Waals surface area contributed by atoms with Gasteiger partial charge in [-0.2, -0.15) is 0 Å². The molecule has 1 aliphatic heterocycles. The van der Waals surface area contributed by atoms with Crippen molar-refractivity contribution in [3.8, 4) is 5.75 Å². The molecule has 7 heteroatoms. The minimum absolute atomic E-state index is 0.171. The molecule has 1 unspecified atom stereocenters. The van der Waals surface area contributed by atoms with Gasteiger partial charge in [-0.05, 0) is 18.2 Å². The van der Waals surface area contributed by atoms with Gasteiger partial charge in [0.05, 0.1) is 23.7 Å². The van der Waals surface area contributed by atoms with Crippen LogP contribution >= 0.6 is 11.3 Å². The number of fused-ring (bicyclic) bond motifs is 1. The summed E-state index contributed by atoms with van der Waals surface area (Å²) in [5, 5.41) is 3.67. The first-order valence-corrected chi connectivity index (χ1v) is 6.91. The molecule has 1 aliphatic rings. The average Bonchev–Trinajstić information content (AvgIpc) is 2.95. The normalized spacial score (nSPS) is 18.9. The van der Waals surface area contributed by atoms with Gasteiger partial charge in [0.2, 0.25) is 5.91 Å². The Morgan fingerprint density at radius 2 is 2.25 bits per heavy atom. The van der Waals surface area contributed by atoms with Gasteiger partial charge in [-0.3, -0.25) is 14.5 Å². The molecule has 1 fully saturated rings. The molecule has 1 saturated heterocycles. The summed E-state index contributed by atoms with van der Waals surface area (Å²) in [6.07, 6.45) is 0.175. The molecule has 104 valence electrons. The van der Waals surface area contributed by atoms with E-state index in [4.69, 9.17) is 4.74 Å². The Bertz CT molecular complexity index is 697. The van der Waals surface area contributed by atoms with Crippen LogP contribution in [-0.2, 0) is 9.59 Å². The van der Waals surface area contributed by atoms with E-state index in [0.29, 0.717) is 5.13 Å². The summed E-state index contributed by atoms with van der Waals surface area (Å²) in [6, 6.07) is 5.08. The number of hydrogen-bond donors (Lipinski definition) is 1. The number of likely N-dealkylation sites (tertiary alicyclic amines) is 1. The molecule has 0 saturated carbocycles. The molecule has 2 aromatic rings. The number of hydrogen-bond acceptors (Lipinski definition) is 6. The number of aromatic nitrogens is 1. The number of rotatable bonds is 3. The van der Waals surface area contributed by atoms with E-state index in [1.807, 2.05) is 18.2 Å². The Labute approximate surface area is 119 Å². The molecule has 20 heavy (non-hydrogen) atoms. The number of carbonyl (C=O) groups is 2. The Morgan fingerprint density at radius 3 is 2.90 bits per heavy atom. The first kappa shape index (κ1) is 12.9. The van der Waals surface area contributed by atoms with Gasteiger partial charge in [-0.15, -0.1) is 0 Å². The number of amides is 2. The van der Waals surface area contributed by atoms with Gasteiger partial charge in [0.1, 0.15) is 11.8 Å². The van der Waals surface area contributed by atoms with Gasteiger partial charge in [-0.1, -0.05) is 11.3 Å². The zero-order chi connectivity index (χ0) is 14.3. The Kier molecular flexibility index (Phi) is 3.06. The van der Waals surface area contributed by atoms with Crippen LogP contribution in [0.2, 0.25) is 0 Å². The monoisotopic (exact) mass is 291 g/mol. The molecule has 2 heterocycles. The van der Waals surface area contributed by atoms with E-state index in [-0.39, 0.29) is 18.2 Å². The number of nitrogens with zero attached hydrogens (tertiary/aromatic N) is 2. The van der Waals surface area contributed by atoms with Crippen molar-refractivity contribution in [3.05, 3.63) is 18.2 Å². The number of benzene rings is 1. The molecular weight excluding hydrogens is 278 g/mol. The van der Waals surface area contributed by atoms with E-state index in [9.17, 15) is 9.59 Å². The second-order valence-electron chi connectivity index (χ2n) is 4.54. The fraction of sp³-hybridized carbons (Fsp3) is 0.308. The van der Waals surface area contributed by atoms with Gasteiger partial charge in [0.15, 0.2) is 5.13 Å². The standard InChI is InChI=1S/C13H13N3O3S/c1-16-11(17)6-9(12(16)18)15-13-14-8-4-3-7(19-2)5-10(8)20-13/h3-5,9H,6H2,1-2H3,(H,14,15). The highest BCUT2D eigenvalue weighted by atomic mass is 32.1. The Morgan fingerprint density at radius 1 is 1.45 bits per heavy atom. The third-order valence-electron chi connectivity index (χ3n) is 3.27. The molecule has 1 N–H and O–H groups in total. The fourth-order valence-electron chi connectivity index (χ4n) is 2.11. The van der Waals surface area contributed by atoms with E-state index in [1.54, 1.807) is 7.11 Å². The molecular formula is C13H13N3O3S. The molecule has 1 atom stereocenters. The van der Waals surface area contributed by atoms with E-state index in [1.165, 1.54) is 18.4 Å². The molecule has 3 rings (SSSR count). The Balaban J connectivity index is 1.85. The number of imide groups is 1. The number of anilines is 1. The van der Waals surface area contributed by atoms with Gasteiger partial charge < -0.3 is 10.1 Å². The van der Waals surface area contributed by atoms with Crippen molar-refractivity contribution >= 4 is 38.5 Å². The third-order valence-corrected chi connectivity index (χ3v) is 4.22. The number of ether oxygens (including phenoxy) is 1. The number of nitrogens with one attached hydrogen (secondary N) is 1. The van der Waals surface area contributed by atoms with Crippen molar-refractivity contribution in [2.45, 2.75) is 12.5 Å². The van der Waals surface area contributed by atoms with Crippen molar-refractivity contribution in [2.75, 3.05) is 19.5 Å². The minimum atomic E-state index is -0.519. The molecule has 2 amide bonds. The summed E-state index contributed by atoms with van der Waals surface area (Å²) in [6.45, 7) is 0. The highest BCUT2D eigenvalue weighted by molar-refractivity contribution is 7.22. The van der Waals surface area contributed by atoms with Crippen LogP contribution in [0.1, 0.15) is 6.42 Å². The lowest BCUT2D eigenvalue weighted by atomic mass is 10.2. The maximum Gasteiger partial charge on any atom is 0.251 e. The first-order valence-electron chi connectivity index (χ1n) is 6.10.